The average molecular weight is 408 g/mol. The Labute approximate surface area is 166 Å². The molecule has 0 saturated heterocycles. The summed E-state index contributed by atoms with van der Waals surface area (Å²) in [4.78, 5) is 36.4. The lowest BCUT2D eigenvalue weighted by Gasteiger charge is -2.15. The van der Waals surface area contributed by atoms with Gasteiger partial charge < -0.3 is 14.5 Å². The van der Waals surface area contributed by atoms with Crippen LogP contribution in [0.1, 0.15) is 58.9 Å². The van der Waals surface area contributed by atoms with Crippen molar-refractivity contribution in [3.05, 3.63) is 52.3 Å². The Kier molecular flexibility index (Phi) is 7.22. The number of anilines is 1. The van der Waals surface area contributed by atoms with Crippen LogP contribution < -0.4 is 10.6 Å². The molecule has 0 aliphatic carbocycles. The summed E-state index contributed by atoms with van der Waals surface area (Å²) in [5.41, 5.74) is 0.0791. The first kappa shape index (κ1) is 22.2. The van der Waals surface area contributed by atoms with Gasteiger partial charge in [0.05, 0.1) is 18.7 Å². The number of aryl methyl sites for hydroxylation is 1. The Hall–Kier alpha value is -3.07. The van der Waals surface area contributed by atoms with Crippen molar-refractivity contribution in [2.24, 2.45) is 0 Å². The molecule has 1 aromatic heterocycles. The predicted octanol–water partition coefficient (Wildman–Crippen LogP) is 3.53. The highest BCUT2D eigenvalue weighted by molar-refractivity contribution is 6.10. The normalized spacial score (nSPS) is 11.8. The molecule has 7 nitrogen and oxygen atoms in total. The van der Waals surface area contributed by atoms with E-state index in [9.17, 15) is 23.2 Å². The van der Waals surface area contributed by atoms with E-state index in [1.54, 1.807) is 13.8 Å². The number of halogens is 2. The van der Waals surface area contributed by atoms with E-state index in [2.05, 4.69) is 10.6 Å². The topological polar surface area (TPSA) is 97.6 Å². The van der Waals surface area contributed by atoms with Crippen LogP contribution >= 0.6 is 0 Å². The van der Waals surface area contributed by atoms with E-state index >= 15 is 0 Å². The molecule has 0 radical (unpaired) electrons. The zero-order valence-corrected chi connectivity index (χ0v) is 16.5. The smallest absolute Gasteiger partial charge is 0.344 e. The van der Waals surface area contributed by atoms with Crippen molar-refractivity contribution in [2.45, 2.75) is 33.7 Å². The summed E-state index contributed by atoms with van der Waals surface area (Å²) >= 11 is 0. The van der Waals surface area contributed by atoms with E-state index in [0.29, 0.717) is 0 Å². The van der Waals surface area contributed by atoms with E-state index in [1.807, 2.05) is 0 Å². The maximum atomic E-state index is 13.8. The van der Waals surface area contributed by atoms with Gasteiger partial charge in [-0.05, 0) is 33.8 Å². The van der Waals surface area contributed by atoms with Crippen LogP contribution in [-0.2, 0) is 9.53 Å². The number of hydrogen-bond acceptors (Lipinski definition) is 6. The van der Waals surface area contributed by atoms with Crippen LogP contribution in [0.25, 0.3) is 0 Å². The van der Waals surface area contributed by atoms with Crippen molar-refractivity contribution in [3.63, 3.8) is 0 Å². The molecule has 0 aliphatic rings. The fourth-order valence-electron chi connectivity index (χ4n) is 2.83. The van der Waals surface area contributed by atoms with Gasteiger partial charge in [0.1, 0.15) is 23.0 Å². The van der Waals surface area contributed by atoms with Gasteiger partial charge >= 0.3 is 5.97 Å². The first-order valence-electron chi connectivity index (χ1n) is 8.95. The second-order valence-electron chi connectivity index (χ2n) is 6.33. The molecule has 0 bridgehead atoms. The minimum atomic E-state index is -0.792. The van der Waals surface area contributed by atoms with Crippen LogP contribution in [-0.4, -0.2) is 30.8 Å². The Balaban J connectivity index is 2.13. The molecule has 2 aromatic rings. The number of hydrogen-bond donors (Lipinski definition) is 2. The summed E-state index contributed by atoms with van der Waals surface area (Å²) < 4.78 is 37.2. The number of amides is 1. The van der Waals surface area contributed by atoms with Gasteiger partial charge in [-0.3, -0.25) is 14.9 Å². The summed E-state index contributed by atoms with van der Waals surface area (Å²) in [7, 11) is 0. The second kappa shape index (κ2) is 9.42. The Morgan fingerprint density at radius 3 is 2.48 bits per heavy atom. The lowest BCUT2D eigenvalue weighted by atomic mass is 10.1. The molecule has 0 spiro atoms. The fraction of sp³-hybridized carbons (Fsp3) is 0.350. The van der Waals surface area contributed by atoms with Gasteiger partial charge in [-0.2, -0.15) is 0 Å². The van der Waals surface area contributed by atoms with Gasteiger partial charge in [-0.15, -0.1) is 0 Å². The second-order valence-corrected chi connectivity index (χ2v) is 6.33. The zero-order valence-electron chi connectivity index (χ0n) is 16.5. The molecule has 0 unspecified atom stereocenters. The van der Waals surface area contributed by atoms with Gasteiger partial charge in [0.2, 0.25) is 11.8 Å². The number of nitrogens with one attached hydrogen (secondary N) is 2. The molecule has 2 N–H and O–H groups in total. The van der Waals surface area contributed by atoms with E-state index in [0.717, 1.165) is 12.1 Å². The number of carbonyl (C=O) groups is 3. The van der Waals surface area contributed by atoms with Crippen molar-refractivity contribution in [2.75, 3.05) is 18.5 Å². The predicted molar refractivity (Wildman–Crippen MR) is 101 cm³/mol. The van der Waals surface area contributed by atoms with Gasteiger partial charge in [-0.1, -0.05) is 6.07 Å². The largest absolute Gasteiger partial charge is 0.462 e. The highest BCUT2D eigenvalue weighted by atomic mass is 19.1. The summed E-state index contributed by atoms with van der Waals surface area (Å²) in [6, 6.07) is 2.58. The zero-order chi connectivity index (χ0) is 21.7. The number of carbonyl (C=O) groups excluding carboxylic acids is 3. The molecule has 156 valence electrons. The summed E-state index contributed by atoms with van der Waals surface area (Å²) in [5.74, 6) is -3.24. The molecular formula is C20H22F2N2O5. The van der Waals surface area contributed by atoms with Crippen molar-refractivity contribution in [3.8, 4) is 0 Å². The van der Waals surface area contributed by atoms with Crippen LogP contribution in [0.2, 0.25) is 0 Å². The van der Waals surface area contributed by atoms with Crippen LogP contribution in [0.4, 0.5) is 14.7 Å². The summed E-state index contributed by atoms with van der Waals surface area (Å²) in [5, 5.41) is 5.22. The Morgan fingerprint density at radius 1 is 1.21 bits per heavy atom. The van der Waals surface area contributed by atoms with E-state index in [-0.39, 0.29) is 41.5 Å². The number of rotatable bonds is 8. The lowest BCUT2D eigenvalue weighted by Crippen LogP contribution is -2.31. The number of Topliss-reactive ketones (excluding diaryl/α,β-unsaturated/α-hetero) is 1. The van der Waals surface area contributed by atoms with Crippen molar-refractivity contribution in [1.29, 1.82) is 0 Å². The molecule has 1 aromatic carbocycles. The minimum Gasteiger partial charge on any atom is -0.462 e. The monoisotopic (exact) mass is 408 g/mol. The van der Waals surface area contributed by atoms with Crippen LogP contribution in [0.5, 0.6) is 0 Å². The summed E-state index contributed by atoms with van der Waals surface area (Å²) in [6.45, 7) is 5.81. The third-order valence-electron chi connectivity index (χ3n) is 4.17. The lowest BCUT2D eigenvalue weighted by molar-refractivity contribution is -0.115. The molecule has 1 heterocycles. The first-order valence-corrected chi connectivity index (χ1v) is 8.95. The molecule has 2 rings (SSSR count). The highest BCUT2D eigenvalue weighted by Crippen LogP contribution is 2.28. The molecule has 0 fully saturated rings. The molecule has 1 atom stereocenters. The van der Waals surface area contributed by atoms with Crippen molar-refractivity contribution >= 4 is 23.5 Å². The van der Waals surface area contributed by atoms with Crippen LogP contribution in [0.3, 0.4) is 0 Å². The van der Waals surface area contributed by atoms with Gasteiger partial charge in [-0.25, -0.2) is 13.6 Å². The van der Waals surface area contributed by atoms with Crippen LogP contribution in [0, 0.1) is 18.6 Å². The molecule has 0 aliphatic heterocycles. The standard InChI is InChI=1S/C20H22F2N2O5/c1-5-28-20(27)18-17(11(3)25)12(4)29-19(18)24-16(26)9-23-10(2)14-7-6-13(21)8-15(14)22/h6-8,10,23H,5,9H2,1-4H3,(H,24,26)/t10-/m0/s1. The number of furan rings is 1. The number of ketones is 1. The summed E-state index contributed by atoms with van der Waals surface area (Å²) in [6.07, 6.45) is 0. The van der Waals surface area contributed by atoms with E-state index in [4.69, 9.17) is 9.15 Å². The maximum Gasteiger partial charge on any atom is 0.344 e. The highest BCUT2D eigenvalue weighted by Gasteiger charge is 2.28. The molecule has 9 heteroatoms. The first-order chi connectivity index (χ1) is 13.6. The van der Waals surface area contributed by atoms with Crippen molar-refractivity contribution in [1.82, 2.24) is 5.32 Å². The van der Waals surface area contributed by atoms with Crippen LogP contribution in [0.15, 0.2) is 22.6 Å². The van der Waals surface area contributed by atoms with Gasteiger partial charge in [0, 0.05) is 17.7 Å². The number of benzene rings is 1. The Bertz CT molecular complexity index is 939. The fourth-order valence-corrected chi connectivity index (χ4v) is 2.83. The van der Waals surface area contributed by atoms with Gasteiger partial charge in [0.15, 0.2) is 5.78 Å². The molecule has 0 saturated carbocycles. The third kappa shape index (κ3) is 5.26. The van der Waals surface area contributed by atoms with Gasteiger partial charge in [0.25, 0.3) is 0 Å². The molecule has 29 heavy (non-hydrogen) atoms. The number of ether oxygens (including phenoxy) is 1. The molecular weight excluding hydrogens is 386 g/mol. The molecule has 1 amide bonds. The Morgan fingerprint density at radius 2 is 1.90 bits per heavy atom. The van der Waals surface area contributed by atoms with E-state index in [1.165, 1.54) is 19.9 Å². The third-order valence-corrected chi connectivity index (χ3v) is 4.17. The number of esters is 1. The van der Waals surface area contributed by atoms with Crippen molar-refractivity contribution < 1.29 is 32.3 Å². The SMILES string of the molecule is CCOC(=O)c1c(NC(=O)CN[C@@H](C)c2ccc(F)cc2F)oc(C)c1C(C)=O. The quantitative estimate of drug-likeness (QED) is 0.512. The van der Waals surface area contributed by atoms with E-state index < -0.39 is 35.3 Å². The maximum absolute atomic E-state index is 13.8. The average Bonchev–Trinajstić information content (AvgIpc) is 2.96. The minimum absolute atomic E-state index is 0.0356.